The van der Waals surface area contributed by atoms with Crippen molar-refractivity contribution in [2.24, 2.45) is 11.3 Å². The van der Waals surface area contributed by atoms with E-state index < -0.39 is 0 Å². The summed E-state index contributed by atoms with van der Waals surface area (Å²) in [5.74, 6) is 0.816. The lowest BCUT2D eigenvalue weighted by molar-refractivity contribution is 0.123. The van der Waals surface area contributed by atoms with Crippen LogP contribution in [-0.2, 0) is 0 Å². The first-order chi connectivity index (χ1) is 7.69. The summed E-state index contributed by atoms with van der Waals surface area (Å²) in [4.78, 5) is 2.72. The molecule has 16 heavy (non-hydrogen) atoms. The maximum Gasteiger partial charge on any atom is 0.0114 e. The molecule has 1 aliphatic heterocycles. The van der Waals surface area contributed by atoms with Crippen molar-refractivity contribution in [1.29, 1.82) is 0 Å². The van der Waals surface area contributed by atoms with Gasteiger partial charge in [-0.1, -0.05) is 20.3 Å². The van der Waals surface area contributed by atoms with Gasteiger partial charge in [-0.3, -0.25) is 0 Å². The number of rotatable bonds is 5. The molecule has 2 fully saturated rings. The van der Waals surface area contributed by atoms with Crippen LogP contribution in [0.4, 0.5) is 0 Å². The molecule has 0 aromatic carbocycles. The molecule has 1 saturated carbocycles. The predicted octanol–water partition coefficient (Wildman–Crippen LogP) is 2.50. The van der Waals surface area contributed by atoms with Gasteiger partial charge >= 0.3 is 0 Å². The van der Waals surface area contributed by atoms with Crippen LogP contribution in [0.25, 0.3) is 0 Å². The molecule has 0 aromatic rings. The number of piperidine rings is 1. The summed E-state index contributed by atoms with van der Waals surface area (Å²) in [6.45, 7) is 8.71. The SMILES string of the molecule is CCCC1(CN2CCC(NC)C(C)C2)CC1. The first kappa shape index (κ1) is 12.4. The van der Waals surface area contributed by atoms with Crippen LogP contribution in [0.1, 0.15) is 46.0 Å². The lowest BCUT2D eigenvalue weighted by Gasteiger charge is -2.38. The van der Waals surface area contributed by atoms with Crippen LogP contribution in [0.3, 0.4) is 0 Å². The van der Waals surface area contributed by atoms with Gasteiger partial charge in [-0.25, -0.2) is 0 Å². The van der Waals surface area contributed by atoms with Crippen LogP contribution in [0.2, 0.25) is 0 Å². The average Bonchev–Trinajstić information content (AvgIpc) is 2.99. The van der Waals surface area contributed by atoms with Gasteiger partial charge in [0.05, 0.1) is 0 Å². The van der Waals surface area contributed by atoms with E-state index in [0.717, 1.165) is 17.4 Å². The zero-order chi connectivity index (χ0) is 11.6. The second-order valence-electron chi connectivity index (χ2n) is 6.15. The highest BCUT2D eigenvalue weighted by Crippen LogP contribution is 2.50. The topological polar surface area (TPSA) is 15.3 Å². The monoisotopic (exact) mass is 224 g/mol. The summed E-state index contributed by atoms with van der Waals surface area (Å²) < 4.78 is 0. The van der Waals surface area contributed by atoms with Crippen LogP contribution in [-0.4, -0.2) is 37.6 Å². The zero-order valence-electron chi connectivity index (χ0n) is 11.3. The molecule has 2 heteroatoms. The van der Waals surface area contributed by atoms with E-state index in [-0.39, 0.29) is 0 Å². The van der Waals surface area contributed by atoms with Crippen molar-refractivity contribution in [2.75, 3.05) is 26.7 Å². The minimum Gasteiger partial charge on any atom is -0.317 e. The fraction of sp³-hybridized carbons (Fsp3) is 1.00. The van der Waals surface area contributed by atoms with E-state index in [2.05, 4.69) is 31.1 Å². The molecule has 2 atom stereocenters. The molecule has 1 heterocycles. The smallest absolute Gasteiger partial charge is 0.0114 e. The van der Waals surface area contributed by atoms with Crippen molar-refractivity contribution in [1.82, 2.24) is 10.2 Å². The Balaban J connectivity index is 1.79. The standard InChI is InChI=1S/C14H28N2/c1-4-6-14(7-8-14)11-16-9-5-13(15-3)12(2)10-16/h12-13,15H,4-11H2,1-3H3. The average molecular weight is 224 g/mol. The van der Waals surface area contributed by atoms with E-state index in [9.17, 15) is 0 Å². The molecule has 1 saturated heterocycles. The van der Waals surface area contributed by atoms with Crippen molar-refractivity contribution in [2.45, 2.75) is 52.0 Å². The predicted molar refractivity (Wildman–Crippen MR) is 69.6 cm³/mol. The van der Waals surface area contributed by atoms with E-state index in [1.165, 1.54) is 51.7 Å². The molecule has 2 rings (SSSR count). The van der Waals surface area contributed by atoms with Gasteiger partial charge in [-0.2, -0.15) is 0 Å². The molecule has 0 aromatic heterocycles. The Labute approximate surface area is 101 Å². The molecule has 0 spiro atoms. The number of hydrogen-bond acceptors (Lipinski definition) is 2. The van der Waals surface area contributed by atoms with Crippen molar-refractivity contribution in [3.05, 3.63) is 0 Å². The van der Waals surface area contributed by atoms with Gasteiger partial charge in [0.1, 0.15) is 0 Å². The number of nitrogens with zero attached hydrogens (tertiary/aromatic N) is 1. The first-order valence-corrected chi connectivity index (χ1v) is 7.09. The van der Waals surface area contributed by atoms with Crippen LogP contribution < -0.4 is 5.32 Å². The second kappa shape index (κ2) is 5.05. The van der Waals surface area contributed by atoms with Gasteiger partial charge in [0.15, 0.2) is 0 Å². The molecule has 0 amide bonds. The molecule has 0 radical (unpaired) electrons. The quantitative estimate of drug-likeness (QED) is 0.772. The molecule has 94 valence electrons. The van der Waals surface area contributed by atoms with Gasteiger partial charge in [0.2, 0.25) is 0 Å². The number of likely N-dealkylation sites (tertiary alicyclic amines) is 1. The fourth-order valence-corrected chi connectivity index (χ4v) is 3.47. The maximum absolute atomic E-state index is 3.45. The minimum absolute atomic E-state index is 0.737. The van der Waals surface area contributed by atoms with Gasteiger partial charge in [-0.05, 0) is 50.6 Å². The van der Waals surface area contributed by atoms with E-state index in [4.69, 9.17) is 0 Å². The van der Waals surface area contributed by atoms with Gasteiger partial charge in [0, 0.05) is 19.1 Å². The van der Waals surface area contributed by atoms with E-state index in [0.29, 0.717) is 0 Å². The number of hydrogen-bond donors (Lipinski definition) is 1. The summed E-state index contributed by atoms with van der Waals surface area (Å²) in [6.07, 6.45) is 7.12. The molecular weight excluding hydrogens is 196 g/mol. The third-order valence-electron chi connectivity index (χ3n) is 4.66. The van der Waals surface area contributed by atoms with Crippen LogP contribution in [0.5, 0.6) is 0 Å². The Morgan fingerprint density at radius 1 is 1.38 bits per heavy atom. The molecule has 1 N–H and O–H groups in total. The highest BCUT2D eigenvalue weighted by Gasteiger charge is 2.43. The third-order valence-corrected chi connectivity index (χ3v) is 4.66. The lowest BCUT2D eigenvalue weighted by Crippen LogP contribution is -2.48. The van der Waals surface area contributed by atoms with Crippen molar-refractivity contribution < 1.29 is 0 Å². The molecule has 2 unspecified atom stereocenters. The van der Waals surface area contributed by atoms with Crippen molar-refractivity contribution in [3.8, 4) is 0 Å². The van der Waals surface area contributed by atoms with E-state index >= 15 is 0 Å². The normalized spacial score (nSPS) is 33.9. The van der Waals surface area contributed by atoms with E-state index in [1.54, 1.807) is 0 Å². The Hall–Kier alpha value is -0.0800. The van der Waals surface area contributed by atoms with Crippen LogP contribution in [0.15, 0.2) is 0 Å². The Morgan fingerprint density at radius 2 is 2.12 bits per heavy atom. The summed E-state index contributed by atoms with van der Waals surface area (Å²) in [7, 11) is 2.11. The Bertz CT molecular complexity index is 223. The van der Waals surface area contributed by atoms with Crippen LogP contribution >= 0.6 is 0 Å². The summed E-state index contributed by atoms with van der Waals surface area (Å²) in [5, 5.41) is 3.45. The molecule has 1 aliphatic carbocycles. The molecular formula is C14H28N2. The number of nitrogens with one attached hydrogen (secondary N) is 1. The Kier molecular flexibility index (Phi) is 3.91. The second-order valence-corrected chi connectivity index (χ2v) is 6.15. The summed E-state index contributed by atoms with van der Waals surface area (Å²) in [6, 6.07) is 0.748. The largest absolute Gasteiger partial charge is 0.317 e. The Morgan fingerprint density at radius 3 is 2.62 bits per heavy atom. The fourth-order valence-electron chi connectivity index (χ4n) is 3.47. The van der Waals surface area contributed by atoms with Crippen molar-refractivity contribution in [3.63, 3.8) is 0 Å². The summed E-state index contributed by atoms with van der Waals surface area (Å²) in [5.41, 5.74) is 0.737. The zero-order valence-corrected chi connectivity index (χ0v) is 11.3. The third kappa shape index (κ3) is 2.78. The maximum atomic E-state index is 3.45. The van der Waals surface area contributed by atoms with Gasteiger partial charge < -0.3 is 10.2 Å². The highest BCUT2D eigenvalue weighted by atomic mass is 15.2. The van der Waals surface area contributed by atoms with Gasteiger partial charge in [0.25, 0.3) is 0 Å². The molecule has 2 aliphatic rings. The van der Waals surface area contributed by atoms with Crippen LogP contribution in [0, 0.1) is 11.3 Å². The minimum atomic E-state index is 0.737. The lowest BCUT2D eigenvalue weighted by atomic mass is 9.92. The first-order valence-electron chi connectivity index (χ1n) is 7.09. The van der Waals surface area contributed by atoms with Crippen molar-refractivity contribution >= 4 is 0 Å². The van der Waals surface area contributed by atoms with Gasteiger partial charge in [-0.15, -0.1) is 0 Å². The summed E-state index contributed by atoms with van der Waals surface area (Å²) >= 11 is 0. The highest BCUT2D eigenvalue weighted by molar-refractivity contribution is 4.96. The van der Waals surface area contributed by atoms with E-state index in [1.807, 2.05) is 0 Å². The molecule has 0 bridgehead atoms. The molecule has 2 nitrogen and oxygen atoms in total.